The van der Waals surface area contributed by atoms with Crippen LogP contribution < -0.4 is 5.32 Å². The maximum atomic E-state index is 11.8. The number of likely N-dealkylation sites (tertiary alicyclic amines) is 1. The first kappa shape index (κ1) is 11.6. The van der Waals surface area contributed by atoms with Crippen LogP contribution in [0.15, 0.2) is 10.6 Å². The lowest BCUT2D eigenvalue weighted by atomic mass is 10.1. The summed E-state index contributed by atoms with van der Waals surface area (Å²) in [6.45, 7) is 2.30. The van der Waals surface area contributed by atoms with Gasteiger partial charge in [0.1, 0.15) is 0 Å². The van der Waals surface area contributed by atoms with E-state index in [0.717, 1.165) is 0 Å². The van der Waals surface area contributed by atoms with Crippen molar-refractivity contribution < 1.29 is 14.1 Å². The third kappa shape index (κ3) is 2.64. The average molecular weight is 237 g/mol. The number of carbonyl (C=O) groups is 2. The van der Waals surface area contributed by atoms with Gasteiger partial charge in [0.25, 0.3) is 5.91 Å². The summed E-state index contributed by atoms with van der Waals surface area (Å²) >= 11 is 0. The Kier molecular flexibility index (Phi) is 3.12. The first-order valence-electron chi connectivity index (χ1n) is 5.54. The summed E-state index contributed by atoms with van der Waals surface area (Å²) in [5.41, 5.74) is 0.672. The standard InChI is InChI=1S/C11H15N3O3/c1-7-5-9(17-13-7)11(16)12-8-3-4-10(15)14(2)6-8/h5,8H,3-4,6H2,1-2H3,(H,12,16)/t8-/m1/s1. The normalized spacial score (nSPS) is 20.5. The van der Waals surface area contributed by atoms with E-state index in [1.165, 1.54) is 0 Å². The van der Waals surface area contributed by atoms with Crippen LogP contribution in [0.3, 0.4) is 0 Å². The Bertz CT molecular complexity index is 441. The maximum absolute atomic E-state index is 11.8. The predicted molar refractivity (Wildman–Crippen MR) is 59.4 cm³/mol. The second-order valence-corrected chi connectivity index (χ2v) is 4.32. The number of amides is 2. The highest BCUT2D eigenvalue weighted by molar-refractivity contribution is 5.91. The van der Waals surface area contributed by atoms with Crippen molar-refractivity contribution >= 4 is 11.8 Å². The van der Waals surface area contributed by atoms with Gasteiger partial charge in [-0.25, -0.2) is 0 Å². The molecule has 1 fully saturated rings. The number of hydrogen-bond acceptors (Lipinski definition) is 4. The van der Waals surface area contributed by atoms with Crippen LogP contribution >= 0.6 is 0 Å². The summed E-state index contributed by atoms with van der Waals surface area (Å²) in [6, 6.07) is 1.57. The summed E-state index contributed by atoms with van der Waals surface area (Å²) in [5.74, 6) is 0.0476. The van der Waals surface area contributed by atoms with Crippen molar-refractivity contribution in [1.29, 1.82) is 0 Å². The molecule has 2 amide bonds. The number of carbonyl (C=O) groups excluding carboxylic acids is 2. The molecule has 1 N–H and O–H groups in total. The van der Waals surface area contributed by atoms with Crippen molar-refractivity contribution in [2.75, 3.05) is 13.6 Å². The monoisotopic (exact) mass is 237 g/mol. The summed E-state index contributed by atoms with van der Waals surface area (Å²) in [5, 5.41) is 6.49. The number of aromatic nitrogens is 1. The summed E-state index contributed by atoms with van der Waals surface area (Å²) < 4.78 is 4.87. The molecule has 0 spiro atoms. The number of aryl methyl sites for hydroxylation is 1. The van der Waals surface area contributed by atoms with Gasteiger partial charge in [0.2, 0.25) is 11.7 Å². The number of rotatable bonds is 2. The van der Waals surface area contributed by atoms with Gasteiger partial charge in [0, 0.05) is 32.1 Å². The predicted octanol–water partition coefficient (Wildman–Crippen LogP) is 0.334. The van der Waals surface area contributed by atoms with Crippen LogP contribution in [0, 0.1) is 6.92 Å². The molecule has 1 atom stereocenters. The van der Waals surface area contributed by atoms with Gasteiger partial charge in [-0.3, -0.25) is 9.59 Å². The van der Waals surface area contributed by atoms with Gasteiger partial charge in [-0.15, -0.1) is 0 Å². The zero-order chi connectivity index (χ0) is 12.4. The highest BCUT2D eigenvalue weighted by Crippen LogP contribution is 2.11. The fourth-order valence-corrected chi connectivity index (χ4v) is 1.86. The maximum Gasteiger partial charge on any atom is 0.290 e. The molecule has 0 unspecified atom stereocenters. The summed E-state index contributed by atoms with van der Waals surface area (Å²) in [4.78, 5) is 24.7. The van der Waals surface area contributed by atoms with Crippen LogP contribution in [-0.2, 0) is 4.79 Å². The molecule has 1 aliphatic rings. The Morgan fingerprint density at radius 1 is 1.65 bits per heavy atom. The molecule has 6 heteroatoms. The molecule has 1 aliphatic heterocycles. The van der Waals surface area contributed by atoms with Crippen LogP contribution in [0.1, 0.15) is 29.1 Å². The van der Waals surface area contributed by atoms with Gasteiger partial charge in [0.15, 0.2) is 0 Å². The van der Waals surface area contributed by atoms with Crippen molar-refractivity contribution in [3.63, 3.8) is 0 Å². The minimum atomic E-state index is -0.279. The van der Waals surface area contributed by atoms with Gasteiger partial charge in [-0.2, -0.15) is 0 Å². The summed E-state index contributed by atoms with van der Waals surface area (Å²) in [6.07, 6.45) is 1.14. The lowest BCUT2D eigenvalue weighted by molar-refractivity contribution is -0.132. The molecular weight excluding hydrogens is 222 g/mol. The molecule has 6 nitrogen and oxygen atoms in total. The van der Waals surface area contributed by atoms with E-state index in [2.05, 4.69) is 10.5 Å². The van der Waals surface area contributed by atoms with Crippen molar-refractivity contribution in [3.05, 3.63) is 17.5 Å². The number of piperidine rings is 1. The smallest absolute Gasteiger partial charge is 0.290 e. The lowest BCUT2D eigenvalue weighted by Crippen LogP contribution is -2.48. The van der Waals surface area contributed by atoms with Crippen molar-refractivity contribution in [2.24, 2.45) is 0 Å². The Morgan fingerprint density at radius 2 is 2.41 bits per heavy atom. The lowest BCUT2D eigenvalue weighted by Gasteiger charge is -2.29. The number of likely N-dealkylation sites (N-methyl/N-ethyl adjacent to an activating group) is 1. The molecule has 0 saturated carbocycles. The molecule has 0 bridgehead atoms. The van der Waals surface area contributed by atoms with Crippen LogP contribution in [0.5, 0.6) is 0 Å². The van der Waals surface area contributed by atoms with E-state index in [9.17, 15) is 9.59 Å². The van der Waals surface area contributed by atoms with Crippen LogP contribution in [0.4, 0.5) is 0 Å². The van der Waals surface area contributed by atoms with Crippen molar-refractivity contribution in [1.82, 2.24) is 15.4 Å². The highest BCUT2D eigenvalue weighted by atomic mass is 16.5. The second-order valence-electron chi connectivity index (χ2n) is 4.32. The molecule has 0 aliphatic carbocycles. The van der Waals surface area contributed by atoms with Gasteiger partial charge < -0.3 is 14.7 Å². The summed E-state index contributed by atoms with van der Waals surface area (Å²) in [7, 11) is 1.74. The number of hydrogen-bond donors (Lipinski definition) is 1. The molecule has 1 aromatic heterocycles. The van der Waals surface area contributed by atoms with E-state index < -0.39 is 0 Å². The van der Waals surface area contributed by atoms with Gasteiger partial charge in [-0.1, -0.05) is 5.16 Å². The van der Waals surface area contributed by atoms with Crippen molar-refractivity contribution in [2.45, 2.75) is 25.8 Å². The molecule has 17 heavy (non-hydrogen) atoms. The zero-order valence-corrected chi connectivity index (χ0v) is 9.90. The van der Waals surface area contributed by atoms with E-state index in [1.54, 1.807) is 24.9 Å². The molecule has 2 rings (SSSR count). The fourth-order valence-electron chi connectivity index (χ4n) is 1.86. The third-order valence-corrected chi connectivity index (χ3v) is 2.81. The highest BCUT2D eigenvalue weighted by Gasteiger charge is 2.25. The van der Waals surface area contributed by atoms with Crippen LogP contribution in [0.25, 0.3) is 0 Å². The second kappa shape index (κ2) is 4.57. The Hall–Kier alpha value is -1.85. The first-order valence-corrected chi connectivity index (χ1v) is 5.54. The Morgan fingerprint density at radius 3 is 3.00 bits per heavy atom. The van der Waals surface area contributed by atoms with Gasteiger partial charge in [0.05, 0.1) is 5.69 Å². The molecule has 92 valence electrons. The molecule has 1 saturated heterocycles. The number of nitrogens with one attached hydrogen (secondary N) is 1. The van der Waals surface area contributed by atoms with E-state index in [4.69, 9.17) is 4.52 Å². The quantitative estimate of drug-likeness (QED) is 0.804. The molecule has 2 heterocycles. The SMILES string of the molecule is Cc1cc(C(=O)N[C@@H]2CCC(=O)N(C)C2)on1. The van der Waals surface area contributed by atoms with Gasteiger partial charge >= 0.3 is 0 Å². The molecular formula is C11H15N3O3. The van der Waals surface area contributed by atoms with E-state index in [-0.39, 0.29) is 23.6 Å². The number of nitrogens with zero attached hydrogens (tertiary/aromatic N) is 2. The topological polar surface area (TPSA) is 75.4 Å². The van der Waals surface area contributed by atoms with E-state index in [0.29, 0.717) is 25.1 Å². The average Bonchev–Trinajstić information content (AvgIpc) is 2.70. The largest absolute Gasteiger partial charge is 0.351 e. The van der Waals surface area contributed by atoms with Gasteiger partial charge in [-0.05, 0) is 13.3 Å². The van der Waals surface area contributed by atoms with Crippen LogP contribution in [0.2, 0.25) is 0 Å². The van der Waals surface area contributed by atoms with Crippen molar-refractivity contribution in [3.8, 4) is 0 Å². The molecule has 1 aromatic rings. The van der Waals surface area contributed by atoms with E-state index in [1.807, 2.05) is 0 Å². The fraction of sp³-hybridized carbons (Fsp3) is 0.545. The minimum absolute atomic E-state index is 0.0180. The van der Waals surface area contributed by atoms with Crippen LogP contribution in [-0.4, -0.2) is 41.5 Å². The minimum Gasteiger partial charge on any atom is -0.351 e. The molecule has 0 aromatic carbocycles. The molecule has 0 radical (unpaired) electrons. The Labute approximate surface area is 98.9 Å². The first-order chi connectivity index (χ1) is 8.06. The zero-order valence-electron chi connectivity index (χ0n) is 9.90. The van der Waals surface area contributed by atoms with E-state index >= 15 is 0 Å². The third-order valence-electron chi connectivity index (χ3n) is 2.81. The Balaban J connectivity index is 1.93.